The molecule has 1 heterocycles. The van der Waals surface area contributed by atoms with E-state index in [2.05, 4.69) is 41.4 Å². The van der Waals surface area contributed by atoms with E-state index in [9.17, 15) is 0 Å². The first-order chi connectivity index (χ1) is 7.72. The van der Waals surface area contributed by atoms with Gasteiger partial charge in [-0.2, -0.15) is 0 Å². The van der Waals surface area contributed by atoms with Gasteiger partial charge in [-0.15, -0.1) is 0 Å². The molecule has 0 saturated heterocycles. The molecule has 4 nitrogen and oxygen atoms in total. The van der Waals surface area contributed by atoms with Crippen LogP contribution in [0.5, 0.6) is 0 Å². The smallest absolute Gasteiger partial charge is 0.146 e. The Labute approximate surface area is 97.9 Å². The van der Waals surface area contributed by atoms with E-state index >= 15 is 0 Å². The summed E-state index contributed by atoms with van der Waals surface area (Å²) in [4.78, 5) is 8.57. The van der Waals surface area contributed by atoms with Gasteiger partial charge in [-0.1, -0.05) is 20.8 Å². The van der Waals surface area contributed by atoms with Gasteiger partial charge < -0.3 is 10.6 Å². The molecule has 0 aliphatic rings. The van der Waals surface area contributed by atoms with Gasteiger partial charge in [0.05, 0.1) is 12.4 Å². The summed E-state index contributed by atoms with van der Waals surface area (Å²) >= 11 is 0. The van der Waals surface area contributed by atoms with Gasteiger partial charge in [0.15, 0.2) is 0 Å². The molecule has 0 saturated carbocycles. The molecule has 0 atom stereocenters. The second-order valence-electron chi connectivity index (χ2n) is 4.33. The van der Waals surface area contributed by atoms with E-state index in [0.717, 1.165) is 37.6 Å². The van der Waals surface area contributed by atoms with Crippen LogP contribution in [0.15, 0.2) is 12.4 Å². The van der Waals surface area contributed by atoms with E-state index in [-0.39, 0.29) is 0 Å². The predicted octanol–water partition coefficient (Wildman–Crippen LogP) is 2.76. The molecule has 1 aromatic rings. The van der Waals surface area contributed by atoms with Crippen molar-refractivity contribution in [3.05, 3.63) is 12.4 Å². The maximum Gasteiger partial charge on any atom is 0.146 e. The summed E-state index contributed by atoms with van der Waals surface area (Å²) in [6.07, 6.45) is 5.75. The minimum Gasteiger partial charge on any atom is -0.369 e. The molecular weight excluding hydrogens is 200 g/mol. The van der Waals surface area contributed by atoms with Crippen molar-refractivity contribution in [1.29, 1.82) is 0 Å². The number of nitrogens with one attached hydrogen (secondary N) is 2. The van der Waals surface area contributed by atoms with Gasteiger partial charge in [-0.25, -0.2) is 4.98 Å². The van der Waals surface area contributed by atoms with E-state index in [4.69, 9.17) is 0 Å². The van der Waals surface area contributed by atoms with E-state index in [0.29, 0.717) is 5.92 Å². The van der Waals surface area contributed by atoms with Gasteiger partial charge in [0.25, 0.3) is 0 Å². The third kappa shape index (κ3) is 4.96. The molecule has 2 N–H and O–H groups in total. The van der Waals surface area contributed by atoms with Gasteiger partial charge >= 0.3 is 0 Å². The zero-order valence-electron chi connectivity index (χ0n) is 10.5. The fourth-order valence-electron chi connectivity index (χ4n) is 1.28. The molecular formula is C12H22N4. The Hall–Kier alpha value is -1.32. The minimum absolute atomic E-state index is 0.710. The van der Waals surface area contributed by atoms with Gasteiger partial charge in [0, 0.05) is 13.1 Å². The van der Waals surface area contributed by atoms with Crippen LogP contribution < -0.4 is 10.6 Å². The van der Waals surface area contributed by atoms with Crippen LogP contribution >= 0.6 is 0 Å². The molecule has 0 unspecified atom stereocenters. The molecule has 1 rings (SSSR count). The lowest BCUT2D eigenvalue weighted by atomic mass is 10.1. The highest BCUT2D eigenvalue weighted by atomic mass is 15.1. The molecule has 0 bridgehead atoms. The first-order valence-corrected chi connectivity index (χ1v) is 6.02. The molecule has 0 aliphatic heterocycles. The molecule has 4 heteroatoms. The van der Waals surface area contributed by atoms with Crippen molar-refractivity contribution in [2.24, 2.45) is 5.92 Å². The highest BCUT2D eigenvalue weighted by Crippen LogP contribution is 2.07. The fraction of sp³-hybridized carbons (Fsp3) is 0.667. The number of nitrogens with zero attached hydrogens (tertiary/aromatic N) is 2. The molecule has 90 valence electrons. The lowest BCUT2D eigenvalue weighted by Crippen LogP contribution is -2.08. The average Bonchev–Trinajstić information content (AvgIpc) is 2.26. The highest BCUT2D eigenvalue weighted by Gasteiger charge is 1.98. The third-order valence-corrected chi connectivity index (χ3v) is 2.22. The molecule has 0 fully saturated rings. The molecule has 16 heavy (non-hydrogen) atoms. The van der Waals surface area contributed by atoms with Gasteiger partial charge in [0.1, 0.15) is 11.6 Å². The van der Waals surface area contributed by atoms with Gasteiger partial charge in [-0.05, 0) is 18.8 Å². The maximum absolute atomic E-state index is 4.42. The van der Waals surface area contributed by atoms with Crippen molar-refractivity contribution in [2.45, 2.75) is 33.6 Å². The summed E-state index contributed by atoms with van der Waals surface area (Å²) in [6, 6.07) is 0. The van der Waals surface area contributed by atoms with E-state index in [1.54, 1.807) is 12.4 Å². The number of hydrogen-bond donors (Lipinski definition) is 2. The first kappa shape index (κ1) is 12.7. The number of hydrogen-bond acceptors (Lipinski definition) is 4. The summed E-state index contributed by atoms with van der Waals surface area (Å²) in [5, 5.41) is 6.50. The fourth-order valence-corrected chi connectivity index (χ4v) is 1.28. The third-order valence-electron chi connectivity index (χ3n) is 2.22. The van der Waals surface area contributed by atoms with Crippen molar-refractivity contribution >= 4 is 11.6 Å². The molecule has 0 radical (unpaired) electrons. The summed E-state index contributed by atoms with van der Waals surface area (Å²) in [6.45, 7) is 8.44. The minimum atomic E-state index is 0.710. The lowest BCUT2D eigenvalue weighted by Gasteiger charge is -2.09. The molecule has 0 amide bonds. The topological polar surface area (TPSA) is 49.8 Å². The van der Waals surface area contributed by atoms with Crippen LogP contribution in [0.4, 0.5) is 11.6 Å². The van der Waals surface area contributed by atoms with E-state index < -0.39 is 0 Å². The number of aromatic nitrogens is 2. The molecule has 0 aromatic carbocycles. The lowest BCUT2D eigenvalue weighted by molar-refractivity contribution is 0.606. The monoisotopic (exact) mass is 222 g/mol. The molecule has 1 aromatic heterocycles. The van der Waals surface area contributed by atoms with Gasteiger partial charge in [0.2, 0.25) is 0 Å². The van der Waals surface area contributed by atoms with Crippen LogP contribution in [-0.4, -0.2) is 23.1 Å². The second-order valence-corrected chi connectivity index (χ2v) is 4.33. The Bertz CT molecular complexity index is 299. The van der Waals surface area contributed by atoms with Crippen molar-refractivity contribution in [3.63, 3.8) is 0 Å². The van der Waals surface area contributed by atoms with Crippen LogP contribution in [0, 0.1) is 5.92 Å². The second kappa shape index (κ2) is 7.04. The Morgan fingerprint density at radius 3 is 2.31 bits per heavy atom. The van der Waals surface area contributed by atoms with Crippen molar-refractivity contribution in [1.82, 2.24) is 9.97 Å². The Kier molecular flexibility index (Phi) is 5.61. The van der Waals surface area contributed by atoms with Crippen LogP contribution in [0.25, 0.3) is 0 Å². The predicted molar refractivity (Wildman–Crippen MR) is 68.8 cm³/mol. The number of anilines is 2. The van der Waals surface area contributed by atoms with Crippen LogP contribution in [0.1, 0.15) is 33.6 Å². The zero-order valence-corrected chi connectivity index (χ0v) is 10.5. The largest absolute Gasteiger partial charge is 0.369 e. The zero-order chi connectivity index (χ0) is 11.8. The van der Waals surface area contributed by atoms with Crippen molar-refractivity contribution in [2.75, 3.05) is 23.7 Å². The van der Waals surface area contributed by atoms with Crippen LogP contribution in [0.2, 0.25) is 0 Å². The first-order valence-electron chi connectivity index (χ1n) is 6.02. The summed E-state index contributed by atoms with van der Waals surface area (Å²) in [5.74, 6) is 2.40. The highest BCUT2D eigenvalue weighted by molar-refractivity contribution is 5.41. The van der Waals surface area contributed by atoms with E-state index in [1.807, 2.05) is 0 Å². The van der Waals surface area contributed by atoms with Crippen molar-refractivity contribution in [3.8, 4) is 0 Å². The Morgan fingerprint density at radius 2 is 1.75 bits per heavy atom. The quantitative estimate of drug-likeness (QED) is 0.745. The molecule has 0 spiro atoms. The van der Waals surface area contributed by atoms with Crippen molar-refractivity contribution < 1.29 is 0 Å². The van der Waals surface area contributed by atoms with E-state index in [1.165, 1.54) is 0 Å². The number of rotatable bonds is 7. The summed E-state index contributed by atoms with van der Waals surface area (Å²) in [5.41, 5.74) is 0. The normalized spacial score (nSPS) is 10.5. The Morgan fingerprint density at radius 1 is 1.12 bits per heavy atom. The SMILES string of the molecule is CCCNc1cncc(NCCC(C)C)n1. The summed E-state index contributed by atoms with van der Waals surface area (Å²) in [7, 11) is 0. The Balaban J connectivity index is 2.40. The standard InChI is InChI=1S/C12H22N4/c1-4-6-14-11-8-13-9-12(16-11)15-7-5-10(2)3/h8-10H,4-7H2,1-3H3,(H2,14,15,16). The average molecular weight is 222 g/mol. The summed E-state index contributed by atoms with van der Waals surface area (Å²) < 4.78 is 0. The van der Waals surface area contributed by atoms with Gasteiger partial charge in [-0.3, -0.25) is 4.98 Å². The maximum atomic E-state index is 4.42. The van der Waals surface area contributed by atoms with Crippen LogP contribution in [-0.2, 0) is 0 Å². The molecule has 0 aliphatic carbocycles. The van der Waals surface area contributed by atoms with Crippen LogP contribution in [0.3, 0.4) is 0 Å².